The molecule has 15 rings (SSSR count). The van der Waals surface area contributed by atoms with Gasteiger partial charge in [-0.15, -0.1) is 0 Å². The molecule has 0 spiro atoms. The van der Waals surface area contributed by atoms with Crippen molar-refractivity contribution in [2.75, 3.05) is 9.80 Å². The maximum atomic E-state index is 6.92. The van der Waals surface area contributed by atoms with E-state index < -0.39 is 0 Å². The minimum Gasteiger partial charge on any atom is -0.458 e. The minimum absolute atomic E-state index is 0.0103. The van der Waals surface area contributed by atoms with E-state index in [0.29, 0.717) is 0 Å². The van der Waals surface area contributed by atoms with Crippen molar-refractivity contribution in [2.24, 2.45) is 0 Å². The van der Waals surface area contributed by atoms with Gasteiger partial charge < -0.3 is 14.5 Å². The van der Waals surface area contributed by atoms with Crippen molar-refractivity contribution in [2.45, 2.75) is 52.4 Å². The van der Waals surface area contributed by atoms with Gasteiger partial charge in [0.15, 0.2) is 0 Å². The zero-order valence-electron chi connectivity index (χ0n) is 46.8. The van der Waals surface area contributed by atoms with E-state index in [4.69, 9.17) is 9.72 Å². The standard InChI is InChI=1S/C74H59BN6O/c1-73(2,3)51-21-19-26-55(44-51)77-48-78(67-34-18-17-33-66(67)77)56-27-20-28-57(46-56)82-58-36-37-59-60-41-49(35-38-63(60)81(68(59)47-58)71-45-52(39-40-76-71)74(4,5)6)50-42-69-72-70(43-50)80(54-24-11-8-12-25-54)65-32-16-14-30-62(65)75(72)61-29-13-15-31-64(61)79(69)53-22-9-7-10-23-53/h7-47H,1-6H3. The molecule has 0 saturated carbocycles. The molecule has 7 nitrogen and oxygen atoms in total. The molecular formula is C74H59BN6O. The summed E-state index contributed by atoms with van der Waals surface area (Å²) in [5.41, 5.74) is 21.7. The van der Waals surface area contributed by atoms with E-state index in [2.05, 4.69) is 308 Å². The van der Waals surface area contributed by atoms with Gasteiger partial charge in [-0.05, 0) is 165 Å². The zero-order chi connectivity index (χ0) is 55.4. The van der Waals surface area contributed by atoms with Crippen LogP contribution in [0.1, 0.15) is 52.7 Å². The lowest BCUT2D eigenvalue weighted by atomic mass is 9.33. The highest BCUT2D eigenvalue weighted by atomic mass is 16.5. The summed E-state index contributed by atoms with van der Waals surface area (Å²) in [5.74, 6) is 2.30. The molecule has 2 aliphatic heterocycles. The van der Waals surface area contributed by atoms with Gasteiger partial charge in [0.1, 0.15) is 17.3 Å². The largest absolute Gasteiger partial charge is 0.458 e. The van der Waals surface area contributed by atoms with Crippen LogP contribution in [0, 0.1) is 6.33 Å². The van der Waals surface area contributed by atoms with Gasteiger partial charge in [0.25, 0.3) is 13.0 Å². The smallest absolute Gasteiger partial charge is 0.269 e. The van der Waals surface area contributed by atoms with Crippen LogP contribution >= 0.6 is 0 Å². The average Bonchev–Trinajstić information content (AvgIpc) is 4.24. The molecule has 8 heteroatoms. The highest BCUT2D eigenvalue weighted by Gasteiger charge is 2.43. The molecule has 0 fully saturated rings. The number of rotatable bonds is 8. The Labute approximate surface area is 479 Å². The molecule has 2 aliphatic rings. The molecule has 0 aliphatic carbocycles. The summed E-state index contributed by atoms with van der Waals surface area (Å²) in [4.78, 5) is 10.0. The van der Waals surface area contributed by atoms with Gasteiger partial charge in [0, 0.05) is 57.2 Å². The fraction of sp³-hybridized carbons (Fsp3) is 0.108. The first-order chi connectivity index (χ1) is 39.9. The first-order valence-electron chi connectivity index (χ1n) is 28.4. The summed E-state index contributed by atoms with van der Waals surface area (Å²) in [5, 5.41) is 2.23. The molecule has 10 aromatic carbocycles. The molecular weight excluding hydrogens is 1000 g/mol. The number of imidazole rings is 1. The number of anilines is 6. The normalized spacial score (nSPS) is 12.9. The molecule has 0 N–H and O–H groups in total. The highest BCUT2D eigenvalue weighted by Crippen LogP contribution is 2.47. The lowest BCUT2D eigenvalue weighted by Gasteiger charge is -2.44. The van der Waals surface area contributed by atoms with Gasteiger partial charge in [-0.25, -0.2) is 4.98 Å². The molecule has 0 atom stereocenters. The van der Waals surface area contributed by atoms with Crippen LogP contribution in [0.4, 0.5) is 34.1 Å². The van der Waals surface area contributed by atoms with Crippen molar-refractivity contribution in [3.8, 4) is 39.8 Å². The Kier molecular flexibility index (Phi) is 11.3. The van der Waals surface area contributed by atoms with Crippen molar-refractivity contribution in [1.29, 1.82) is 0 Å². The third-order valence-corrected chi connectivity index (χ3v) is 16.7. The van der Waals surface area contributed by atoms with Crippen LogP contribution in [0.3, 0.4) is 0 Å². The van der Waals surface area contributed by atoms with E-state index in [1.165, 1.54) is 50.3 Å². The predicted octanol–water partition coefficient (Wildman–Crippen LogP) is 16.3. The lowest BCUT2D eigenvalue weighted by Crippen LogP contribution is -2.61. The molecule has 5 heterocycles. The molecule has 13 aromatic rings. The number of hydrogen-bond donors (Lipinski definition) is 0. The van der Waals surface area contributed by atoms with Gasteiger partial charge >= 0.3 is 0 Å². The van der Waals surface area contributed by atoms with E-state index in [-0.39, 0.29) is 17.5 Å². The number of aromatic nitrogens is 4. The Bertz CT molecular complexity index is 4550. The molecule has 394 valence electrons. The van der Waals surface area contributed by atoms with Crippen molar-refractivity contribution in [3.63, 3.8) is 0 Å². The van der Waals surface area contributed by atoms with E-state index in [1.54, 1.807) is 0 Å². The third kappa shape index (κ3) is 8.11. The maximum absolute atomic E-state index is 6.92. The SMILES string of the molecule is CC(C)(C)c1cccc(-[n+]2[c-]n(-c3cccc(Oc4ccc5c6cc(-c7cc8c9c(c7)N(c7ccccc7)c7ccccc7B9c7ccccc7N8c7ccccc7)ccc6n(-c6cc(C(C)(C)C)ccn6)c5c4)c3)c3ccccc32)c1. The lowest BCUT2D eigenvalue weighted by molar-refractivity contribution is -0.572. The number of fused-ring (bicyclic) bond motifs is 8. The maximum Gasteiger partial charge on any atom is 0.269 e. The first-order valence-corrected chi connectivity index (χ1v) is 28.4. The average molecular weight is 1060 g/mol. The van der Waals surface area contributed by atoms with Crippen molar-refractivity contribution in [3.05, 3.63) is 266 Å². The van der Waals surface area contributed by atoms with E-state index in [1.807, 2.05) is 12.3 Å². The van der Waals surface area contributed by atoms with Crippen molar-refractivity contribution < 1.29 is 9.30 Å². The van der Waals surface area contributed by atoms with Gasteiger partial charge in [0.05, 0.1) is 33.4 Å². The summed E-state index contributed by atoms with van der Waals surface area (Å²) in [7, 11) is 0. The summed E-state index contributed by atoms with van der Waals surface area (Å²) in [6, 6.07) is 87.8. The fourth-order valence-corrected chi connectivity index (χ4v) is 12.6. The van der Waals surface area contributed by atoms with Crippen LogP contribution in [-0.4, -0.2) is 20.8 Å². The summed E-state index contributed by atoms with van der Waals surface area (Å²) < 4.78 is 13.5. The Morgan fingerprint density at radius 1 is 0.439 bits per heavy atom. The summed E-state index contributed by atoms with van der Waals surface area (Å²) in [6.45, 7) is 13.6. The quantitative estimate of drug-likeness (QED) is 0.0864. The van der Waals surface area contributed by atoms with Crippen molar-refractivity contribution >= 4 is 90.1 Å². The van der Waals surface area contributed by atoms with Crippen LogP contribution in [-0.2, 0) is 10.8 Å². The van der Waals surface area contributed by atoms with E-state index in [0.717, 1.165) is 84.0 Å². The molecule has 0 saturated heterocycles. The van der Waals surface area contributed by atoms with Crippen LogP contribution in [0.15, 0.2) is 249 Å². The Morgan fingerprint density at radius 2 is 1.05 bits per heavy atom. The predicted molar refractivity (Wildman–Crippen MR) is 339 cm³/mol. The van der Waals surface area contributed by atoms with E-state index >= 15 is 0 Å². The van der Waals surface area contributed by atoms with Crippen LogP contribution in [0.2, 0.25) is 0 Å². The monoisotopic (exact) mass is 1060 g/mol. The highest BCUT2D eigenvalue weighted by molar-refractivity contribution is 7.00. The molecule has 0 amide bonds. The molecule has 0 radical (unpaired) electrons. The van der Waals surface area contributed by atoms with E-state index in [9.17, 15) is 0 Å². The third-order valence-electron chi connectivity index (χ3n) is 16.7. The summed E-state index contributed by atoms with van der Waals surface area (Å²) in [6.07, 6.45) is 5.65. The van der Waals surface area contributed by atoms with Crippen LogP contribution < -0.4 is 35.5 Å². The van der Waals surface area contributed by atoms with Gasteiger partial charge in [-0.3, -0.25) is 13.7 Å². The molecule has 3 aromatic heterocycles. The number of nitrogens with zero attached hydrogens (tertiary/aromatic N) is 6. The fourth-order valence-electron chi connectivity index (χ4n) is 12.6. The first kappa shape index (κ1) is 49.2. The number of pyridine rings is 1. The molecule has 0 unspecified atom stereocenters. The van der Waals surface area contributed by atoms with Gasteiger partial charge in [-0.1, -0.05) is 163 Å². The second-order valence-electron chi connectivity index (χ2n) is 23.9. The van der Waals surface area contributed by atoms with Crippen LogP contribution in [0.5, 0.6) is 11.5 Å². The summed E-state index contributed by atoms with van der Waals surface area (Å²) >= 11 is 0. The zero-order valence-corrected chi connectivity index (χ0v) is 46.8. The van der Waals surface area contributed by atoms with Gasteiger partial charge in [-0.2, -0.15) is 0 Å². The Hall–Kier alpha value is -9.92. The minimum atomic E-state index is -0.0881. The van der Waals surface area contributed by atoms with Crippen LogP contribution in [0.25, 0.3) is 61.2 Å². The number of para-hydroxylation sites is 6. The molecule has 82 heavy (non-hydrogen) atoms. The topological polar surface area (TPSA) is 42.3 Å². The van der Waals surface area contributed by atoms with Crippen molar-refractivity contribution in [1.82, 2.24) is 14.1 Å². The number of hydrogen-bond acceptors (Lipinski definition) is 4. The second-order valence-corrected chi connectivity index (χ2v) is 23.9. The van der Waals surface area contributed by atoms with Gasteiger partial charge in [0.2, 0.25) is 0 Å². The Balaban J connectivity index is 0.887. The Morgan fingerprint density at radius 3 is 1.74 bits per heavy atom. The number of benzene rings is 10. The molecule has 0 bridgehead atoms. The number of ether oxygens (including phenoxy) is 1. The second kappa shape index (κ2) is 18.9.